The number of hydrogen-bond donors (Lipinski definition) is 7. The number of aliphatic carboxylic acids is 2. The predicted octanol–water partition coefficient (Wildman–Crippen LogP) is -1.12. The van der Waals surface area contributed by atoms with Crippen LogP contribution in [0.15, 0.2) is 30.3 Å². The van der Waals surface area contributed by atoms with Gasteiger partial charge in [-0.2, -0.15) is 0 Å². The van der Waals surface area contributed by atoms with E-state index in [-0.39, 0.29) is 19.3 Å². The Kier molecular flexibility index (Phi) is 12.7. The maximum Gasteiger partial charge on any atom is 0.326 e. The van der Waals surface area contributed by atoms with Crippen LogP contribution in [0.2, 0.25) is 0 Å². The Balaban J connectivity index is 3.02. The van der Waals surface area contributed by atoms with Crippen LogP contribution in [0.1, 0.15) is 45.1 Å². The molecule has 0 bridgehead atoms. The second-order valence-electron chi connectivity index (χ2n) is 8.73. The van der Waals surface area contributed by atoms with Crippen LogP contribution in [0.25, 0.3) is 0 Å². The van der Waals surface area contributed by atoms with Gasteiger partial charge in [-0.05, 0) is 24.3 Å². The number of carbonyl (C=O) groups excluding carboxylic acids is 4. The van der Waals surface area contributed by atoms with Gasteiger partial charge in [0.15, 0.2) is 0 Å². The number of rotatable bonds is 16. The van der Waals surface area contributed by atoms with Crippen molar-refractivity contribution < 1.29 is 39.0 Å². The third kappa shape index (κ3) is 11.1. The molecule has 9 N–H and O–H groups in total. The number of carbonyl (C=O) groups is 6. The van der Waals surface area contributed by atoms with Crippen molar-refractivity contribution in [1.82, 2.24) is 16.0 Å². The first-order valence-electron chi connectivity index (χ1n) is 11.8. The molecule has 5 atom stereocenters. The van der Waals surface area contributed by atoms with Crippen LogP contribution in [0.4, 0.5) is 0 Å². The van der Waals surface area contributed by atoms with E-state index in [2.05, 4.69) is 16.0 Å². The minimum Gasteiger partial charge on any atom is -0.481 e. The summed E-state index contributed by atoms with van der Waals surface area (Å²) in [5.74, 6) is -6.62. The summed E-state index contributed by atoms with van der Waals surface area (Å²) in [7, 11) is 0. The monoisotopic (exact) mass is 521 g/mol. The van der Waals surface area contributed by atoms with E-state index in [1.54, 1.807) is 44.2 Å². The largest absolute Gasteiger partial charge is 0.481 e. The normalized spacial score (nSPS) is 14.8. The SMILES string of the molecule is CCC(C)C(NC(=O)C(CCC(N)=O)NC(=O)C(CC(=O)O)NC(=O)C(N)Cc1ccccc1)C(=O)O. The third-order valence-electron chi connectivity index (χ3n) is 5.74. The van der Waals surface area contributed by atoms with E-state index >= 15 is 0 Å². The first-order valence-corrected chi connectivity index (χ1v) is 11.8. The number of primary amides is 1. The smallest absolute Gasteiger partial charge is 0.326 e. The Labute approximate surface area is 214 Å². The molecule has 1 aromatic rings. The number of amides is 4. The molecule has 0 spiro atoms. The molecular formula is C24H35N5O8. The average molecular weight is 522 g/mol. The number of carboxylic acid groups (broad SMARTS) is 2. The molecule has 0 aliphatic rings. The second-order valence-corrected chi connectivity index (χ2v) is 8.73. The highest BCUT2D eigenvalue weighted by atomic mass is 16.4. The summed E-state index contributed by atoms with van der Waals surface area (Å²) in [6.07, 6.45) is -0.849. The summed E-state index contributed by atoms with van der Waals surface area (Å²) < 4.78 is 0. The van der Waals surface area contributed by atoms with Gasteiger partial charge in [0.2, 0.25) is 23.6 Å². The average Bonchev–Trinajstić information content (AvgIpc) is 2.83. The van der Waals surface area contributed by atoms with Crippen LogP contribution in [0.5, 0.6) is 0 Å². The lowest BCUT2D eigenvalue weighted by Gasteiger charge is -2.26. The minimum atomic E-state index is -1.60. The molecule has 0 saturated carbocycles. The fraction of sp³-hybridized carbons (Fsp3) is 0.500. The third-order valence-corrected chi connectivity index (χ3v) is 5.74. The van der Waals surface area contributed by atoms with E-state index in [0.717, 1.165) is 5.56 Å². The molecule has 37 heavy (non-hydrogen) atoms. The topological polar surface area (TPSA) is 231 Å². The quantitative estimate of drug-likeness (QED) is 0.139. The van der Waals surface area contributed by atoms with Gasteiger partial charge in [0.25, 0.3) is 0 Å². The number of carboxylic acids is 2. The van der Waals surface area contributed by atoms with Crippen molar-refractivity contribution in [2.45, 2.75) is 70.1 Å². The highest BCUT2D eigenvalue weighted by Crippen LogP contribution is 2.10. The second kappa shape index (κ2) is 15.2. The lowest BCUT2D eigenvalue weighted by atomic mass is 9.98. The molecule has 0 aromatic heterocycles. The van der Waals surface area contributed by atoms with Crippen molar-refractivity contribution in [3.63, 3.8) is 0 Å². The highest BCUT2D eigenvalue weighted by molar-refractivity contribution is 5.95. The molecule has 0 radical (unpaired) electrons. The van der Waals surface area contributed by atoms with Gasteiger partial charge < -0.3 is 37.6 Å². The van der Waals surface area contributed by atoms with Gasteiger partial charge in [-0.1, -0.05) is 50.6 Å². The zero-order chi connectivity index (χ0) is 28.1. The molecule has 13 heteroatoms. The Morgan fingerprint density at radius 2 is 1.46 bits per heavy atom. The summed E-state index contributed by atoms with van der Waals surface area (Å²) in [4.78, 5) is 72.6. The molecular weight excluding hydrogens is 486 g/mol. The van der Waals surface area contributed by atoms with E-state index in [4.69, 9.17) is 11.5 Å². The van der Waals surface area contributed by atoms with Gasteiger partial charge in [0.05, 0.1) is 12.5 Å². The lowest BCUT2D eigenvalue weighted by molar-refractivity contribution is -0.144. The van der Waals surface area contributed by atoms with Crippen molar-refractivity contribution in [1.29, 1.82) is 0 Å². The first kappa shape index (κ1) is 31.0. The van der Waals surface area contributed by atoms with Gasteiger partial charge in [-0.3, -0.25) is 24.0 Å². The first-order chi connectivity index (χ1) is 17.3. The molecule has 0 aliphatic heterocycles. The van der Waals surface area contributed by atoms with E-state index < -0.39 is 72.1 Å². The van der Waals surface area contributed by atoms with Crippen molar-refractivity contribution >= 4 is 35.6 Å². The number of hydrogen-bond acceptors (Lipinski definition) is 7. The van der Waals surface area contributed by atoms with Crippen LogP contribution in [0, 0.1) is 5.92 Å². The number of benzene rings is 1. The molecule has 0 fully saturated rings. The summed E-state index contributed by atoms with van der Waals surface area (Å²) in [6.45, 7) is 3.36. The van der Waals surface area contributed by atoms with Crippen molar-refractivity contribution in [3.05, 3.63) is 35.9 Å². The van der Waals surface area contributed by atoms with E-state index in [1.165, 1.54) is 0 Å². The van der Waals surface area contributed by atoms with Gasteiger partial charge >= 0.3 is 11.9 Å². The van der Waals surface area contributed by atoms with Crippen LogP contribution in [-0.4, -0.2) is 69.9 Å². The molecule has 0 saturated heterocycles. The molecule has 13 nitrogen and oxygen atoms in total. The summed E-state index contributed by atoms with van der Waals surface area (Å²) >= 11 is 0. The molecule has 0 heterocycles. The molecule has 0 aliphatic carbocycles. The number of nitrogens with two attached hydrogens (primary N) is 2. The zero-order valence-corrected chi connectivity index (χ0v) is 20.8. The van der Waals surface area contributed by atoms with E-state index in [1.807, 2.05) is 0 Å². The van der Waals surface area contributed by atoms with E-state index in [9.17, 15) is 39.0 Å². The Morgan fingerprint density at radius 1 is 0.892 bits per heavy atom. The van der Waals surface area contributed by atoms with Crippen LogP contribution < -0.4 is 27.4 Å². The maximum absolute atomic E-state index is 12.9. The standard InChI is InChI=1S/C24H35N5O8/c1-3-13(2)20(24(36)37)29-22(34)16(9-10-18(26)30)27-23(35)17(12-19(31)32)28-21(33)15(25)11-14-7-5-4-6-8-14/h4-8,13,15-17,20H,3,9-12,25H2,1-2H3,(H2,26,30)(H,27,35)(H,28,33)(H,29,34)(H,31,32)(H,36,37). The van der Waals surface area contributed by atoms with E-state index in [0.29, 0.717) is 6.42 Å². The molecule has 1 aromatic carbocycles. The highest BCUT2D eigenvalue weighted by Gasteiger charge is 2.32. The van der Waals surface area contributed by atoms with Gasteiger partial charge in [0.1, 0.15) is 18.1 Å². The molecule has 204 valence electrons. The molecule has 5 unspecified atom stereocenters. The fourth-order valence-corrected chi connectivity index (χ4v) is 3.39. The maximum atomic E-state index is 12.9. The summed E-state index contributed by atoms with van der Waals surface area (Å²) in [5.41, 5.74) is 11.8. The minimum absolute atomic E-state index is 0.129. The Hall–Kier alpha value is -4.00. The predicted molar refractivity (Wildman–Crippen MR) is 132 cm³/mol. The summed E-state index contributed by atoms with van der Waals surface area (Å²) in [6, 6.07) is 3.43. The lowest BCUT2D eigenvalue weighted by Crippen LogP contribution is -2.58. The van der Waals surface area contributed by atoms with Gasteiger partial charge in [-0.25, -0.2) is 4.79 Å². The van der Waals surface area contributed by atoms with Crippen LogP contribution in [0.3, 0.4) is 0 Å². The Morgan fingerprint density at radius 3 is 1.97 bits per heavy atom. The van der Waals surface area contributed by atoms with Gasteiger partial charge in [0, 0.05) is 6.42 Å². The van der Waals surface area contributed by atoms with Crippen molar-refractivity contribution in [2.75, 3.05) is 0 Å². The van der Waals surface area contributed by atoms with Crippen LogP contribution in [-0.2, 0) is 35.2 Å². The van der Waals surface area contributed by atoms with Crippen molar-refractivity contribution in [2.24, 2.45) is 17.4 Å². The zero-order valence-electron chi connectivity index (χ0n) is 20.8. The molecule has 1 rings (SSSR count). The summed E-state index contributed by atoms with van der Waals surface area (Å²) in [5, 5.41) is 25.6. The Bertz CT molecular complexity index is 971. The fourth-order valence-electron chi connectivity index (χ4n) is 3.39. The van der Waals surface area contributed by atoms with Crippen molar-refractivity contribution in [3.8, 4) is 0 Å². The van der Waals surface area contributed by atoms with Gasteiger partial charge in [-0.15, -0.1) is 0 Å². The number of nitrogens with one attached hydrogen (secondary N) is 3. The molecule has 4 amide bonds. The van der Waals surface area contributed by atoms with Crippen LogP contribution >= 0.6 is 0 Å².